The Hall–Kier alpha value is -3.57. The molecule has 0 spiro atoms. The first-order valence-electron chi connectivity index (χ1n) is 12.4. The van der Waals surface area contributed by atoms with Crippen LogP contribution < -0.4 is 15.3 Å². The first kappa shape index (κ1) is 29.4. The number of aromatic nitrogens is 3. The Morgan fingerprint density at radius 3 is 2.65 bits per heavy atom. The van der Waals surface area contributed by atoms with Crippen molar-refractivity contribution in [2.75, 3.05) is 12.3 Å². The lowest BCUT2D eigenvalue weighted by Gasteiger charge is -2.30. The van der Waals surface area contributed by atoms with Gasteiger partial charge in [-0.3, -0.25) is 9.32 Å². The zero-order chi connectivity index (χ0) is 29.3. The van der Waals surface area contributed by atoms with Crippen molar-refractivity contribution in [2.45, 2.75) is 63.3 Å². The number of para-hydroxylation sites is 1. The van der Waals surface area contributed by atoms with Gasteiger partial charge in [0.2, 0.25) is 5.60 Å². The third-order valence-corrected chi connectivity index (χ3v) is 7.91. The van der Waals surface area contributed by atoms with Gasteiger partial charge in [-0.15, -0.1) is 0 Å². The minimum atomic E-state index is -4.36. The molecule has 0 radical (unpaired) electrons. The fourth-order valence-electron chi connectivity index (χ4n) is 4.17. The number of nitriles is 1. The Bertz CT molecular complexity index is 1460. The first-order valence-corrected chi connectivity index (χ1v) is 13.9. The van der Waals surface area contributed by atoms with E-state index in [0.717, 1.165) is 0 Å². The van der Waals surface area contributed by atoms with E-state index in [1.165, 1.54) is 42.9 Å². The summed E-state index contributed by atoms with van der Waals surface area (Å²) >= 11 is 0. The summed E-state index contributed by atoms with van der Waals surface area (Å²) in [5, 5.41) is 38.6. The van der Waals surface area contributed by atoms with Crippen LogP contribution in [0.15, 0.2) is 48.8 Å². The van der Waals surface area contributed by atoms with Crippen molar-refractivity contribution in [1.82, 2.24) is 19.7 Å². The number of aliphatic hydroxyl groups excluding tert-OH is 2. The highest BCUT2D eigenvalue weighted by Gasteiger charge is 2.58. The molecular weight excluding hydrogens is 543 g/mol. The van der Waals surface area contributed by atoms with Gasteiger partial charge in [0, 0.05) is 0 Å². The summed E-state index contributed by atoms with van der Waals surface area (Å²) in [5.74, 6) is -0.408. The quantitative estimate of drug-likeness (QED) is 0.201. The molecule has 1 unspecified atom stereocenters. The number of nitrogens with one attached hydrogen (secondary N) is 1. The van der Waals surface area contributed by atoms with Crippen LogP contribution >= 0.6 is 7.75 Å². The van der Waals surface area contributed by atoms with E-state index in [1.807, 2.05) is 6.07 Å². The average molecular weight is 575 g/mol. The number of nitrogens with two attached hydrogens (primary N) is 1. The van der Waals surface area contributed by atoms with E-state index in [1.54, 1.807) is 38.1 Å². The van der Waals surface area contributed by atoms with E-state index in [9.17, 15) is 24.8 Å². The van der Waals surface area contributed by atoms with Gasteiger partial charge < -0.3 is 29.9 Å². The molecule has 5 atom stereocenters. The number of carbonyl (C=O) groups excluding carboxylic acids is 1. The number of esters is 1. The zero-order valence-electron chi connectivity index (χ0n) is 22.3. The Balaban J connectivity index is 1.60. The normalized spacial score (nSPS) is 24.5. The second-order valence-electron chi connectivity index (χ2n) is 9.99. The van der Waals surface area contributed by atoms with Crippen LogP contribution in [-0.4, -0.2) is 67.3 Å². The Morgan fingerprint density at radius 2 is 2.00 bits per heavy atom. The molecule has 1 aliphatic heterocycles. The summed E-state index contributed by atoms with van der Waals surface area (Å²) in [5.41, 5.74) is 2.73. The highest BCUT2D eigenvalue weighted by atomic mass is 31.2. The molecule has 0 aliphatic carbocycles. The molecule has 1 aliphatic rings. The third-order valence-electron chi connectivity index (χ3n) is 6.13. The van der Waals surface area contributed by atoms with E-state index < -0.39 is 55.9 Å². The lowest BCUT2D eigenvalue weighted by Crippen LogP contribution is -2.48. The number of nitrogen functional groups attached to an aromatic ring is 1. The molecular formula is C25H31N6O8P. The maximum atomic E-state index is 13.9. The molecule has 15 heteroatoms. The molecule has 1 saturated heterocycles. The minimum absolute atomic E-state index is 0.0903. The molecule has 0 amide bonds. The molecule has 4 rings (SSSR count). The van der Waals surface area contributed by atoms with Gasteiger partial charge in [-0.2, -0.15) is 15.4 Å². The predicted molar refractivity (Wildman–Crippen MR) is 141 cm³/mol. The van der Waals surface area contributed by atoms with E-state index in [-0.39, 0.29) is 17.3 Å². The summed E-state index contributed by atoms with van der Waals surface area (Å²) in [6, 6.07) is 13.0. The van der Waals surface area contributed by atoms with E-state index in [0.29, 0.717) is 5.52 Å². The maximum absolute atomic E-state index is 13.9. The lowest BCUT2D eigenvalue weighted by molar-refractivity contribution is -0.153. The number of carbonyl (C=O) groups is 1. The Labute approximate surface area is 230 Å². The van der Waals surface area contributed by atoms with Gasteiger partial charge in [-0.25, -0.2) is 14.1 Å². The van der Waals surface area contributed by atoms with Gasteiger partial charge in [0.05, 0.1) is 18.4 Å². The van der Waals surface area contributed by atoms with Gasteiger partial charge in [0.25, 0.3) is 0 Å². The minimum Gasteiger partial charge on any atom is -0.462 e. The predicted octanol–water partition coefficient (Wildman–Crippen LogP) is 1.67. The highest BCUT2D eigenvalue weighted by Crippen LogP contribution is 2.48. The number of rotatable bonds is 10. The standard InChI is InChI=1S/C25H31N6O8P/c1-15(2)37-23(34)24(3,4)30-40(35,39-16-8-6-5-7-9-16)36-12-18-20(32)21(33)25(13-26,38-18)19-11-10-17-22(27)28-14-29-31(17)19/h5-11,14-15,18,20-21,32-33H,12H2,1-4H3,(H,30,35)(H2,27,28,29)/t18-,20-,21-,25+,40?/m1/s1. The number of benzene rings is 1. The van der Waals surface area contributed by atoms with Crippen LogP contribution in [0, 0.1) is 11.3 Å². The number of anilines is 1. The summed E-state index contributed by atoms with van der Waals surface area (Å²) in [6.45, 7) is 5.63. The van der Waals surface area contributed by atoms with Crippen LogP contribution in [-0.2, 0) is 29.0 Å². The fraction of sp³-hybridized carbons (Fsp3) is 0.440. The second kappa shape index (κ2) is 11.1. The highest BCUT2D eigenvalue weighted by molar-refractivity contribution is 7.52. The number of ether oxygens (including phenoxy) is 2. The number of hydrogen-bond donors (Lipinski definition) is 4. The molecule has 40 heavy (non-hydrogen) atoms. The van der Waals surface area contributed by atoms with Gasteiger partial charge >= 0.3 is 13.7 Å². The third kappa shape index (κ3) is 5.66. The second-order valence-corrected chi connectivity index (χ2v) is 11.6. The summed E-state index contributed by atoms with van der Waals surface area (Å²) in [4.78, 5) is 16.6. The van der Waals surface area contributed by atoms with Gasteiger partial charge in [0.15, 0.2) is 5.82 Å². The molecule has 0 saturated carbocycles. The van der Waals surface area contributed by atoms with Crippen molar-refractivity contribution >= 4 is 25.1 Å². The van der Waals surface area contributed by atoms with Gasteiger partial charge in [-0.1, -0.05) is 18.2 Å². The molecule has 5 N–H and O–H groups in total. The number of hydrogen-bond acceptors (Lipinski definition) is 12. The summed E-state index contributed by atoms with van der Waals surface area (Å²) < 4.78 is 37.7. The van der Waals surface area contributed by atoms with Gasteiger partial charge in [-0.05, 0) is 52.0 Å². The van der Waals surface area contributed by atoms with Crippen molar-refractivity contribution in [1.29, 1.82) is 5.26 Å². The number of fused-ring (bicyclic) bond motifs is 1. The Kier molecular flexibility index (Phi) is 8.18. The molecule has 3 aromatic rings. The van der Waals surface area contributed by atoms with Crippen molar-refractivity contribution < 1.29 is 38.1 Å². The van der Waals surface area contributed by atoms with Gasteiger partial charge in [0.1, 0.15) is 47.5 Å². The first-order chi connectivity index (χ1) is 18.8. The zero-order valence-corrected chi connectivity index (χ0v) is 23.2. The molecule has 0 bridgehead atoms. The summed E-state index contributed by atoms with van der Waals surface area (Å²) in [7, 11) is -4.36. The number of nitrogens with zero attached hydrogens (tertiary/aromatic N) is 4. The van der Waals surface area contributed by atoms with Crippen LogP contribution in [0.3, 0.4) is 0 Å². The number of aliphatic hydroxyl groups is 2. The van der Waals surface area contributed by atoms with Crippen molar-refractivity contribution in [3.05, 3.63) is 54.5 Å². The van der Waals surface area contributed by atoms with E-state index in [2.05, 4.69) is 15.2 Å². The molecule has 1 fully saturated rings. The SMILES string of the molecule is CC(C)OC(=O)C(C)(C)NP(=O)(OC[C@H]1O[C@@](C#N)(c2ccc3c(N)ncnn23)[C@H](O)[C@@H]1O)Oc1ccccc1. The van der Waals surface area contributed by atoms with E-state index in [4.69, 9.17) is 24.3 Å². The fourth-order valence-corrected chi connectivity index (χ4v) is 5.85. The lowest BCUT2D eigenvalue weighted by atomic mass is 9.92. The molecule has 1 aromatic carbocycles. The van der Waals surface area contributed by atoms with Crippen molar-refractivity contribution in [3.8, 4) is 11.8 Å². The average Bonchev–Trinajstić information content (AvgIpc) is 3.43. The van der Waals surface area contributed by atoms with Crippen molar-refractivity contribution in [3.63, 3.8) is 0 Å². The van der Waals surface area contributed by atoms with E-state index >= 15 is 0 Å². The van der Waals surface area contributed by atoms with Crippen LogP contribution in [0.2, 0.25) is 0 Å². The summed E-state index contributed by atoms with van der Waals surface area (Å²) in [6.07, 6.45) is -4.00. The largest absolute Gasteiger partial charge is 0.462 e. The van der Waals surface area contributed by atoms with Crippen LogP contribution in [0.25, 0.3) is 5.52 Å². The molecule has 214 valence electrons. The molecule has 2 aromatic heterocycles. The molecule has 14 nitrogen and oxygen atoms in total. The topological polar surface area (TPSA) is 204 Å². The van der Waals surface area contributed by atoms with Crippen LogP contribution in [0.1, 0.15) is 33.4 Å². The maximum Gasteiger partial charge on any atom is 0.459 e. The Morgan fingerprint density at radius 1 is 1.30 bits per heavy atom. The van der Waals surface area contributed by atoms with Crippen LogP contribution in [0.4, 0.5) is 5.82 Å². The smallest absolute Gasteiger partial charge is 0.459 e. The monoisotopic (exact) mass is 574 g/mol. The van der Waals surface area contributed by atoms with Crippen molar-refractivity contribution in [2.24, 2.45) is 0 Å². The molecule has 3 heterocycles. The van der Waals surface area contributed by atoms with Crippen LogP contribution in [0.5, 0.6) is 5.75 Å².